The van der Waals surface area contributed by atoms with Crippen LogP contribution in [0.1, 0.15) is 12.0 Å². The molecule has 0 saturated carbocycles. The maximum Gasteiger partial charge on any atom is 0.320 e. The van der Waals surface area contributed by atoms with Gasteiger partial charge in [0.05, 0.1) is 0 Å². The van der Waals surface area contributed by atoms with Crippen LogP contribution in [0.25, 0.3) is 0 Å². The first-order valence-corrected chi connectivity index (χ1v) is 5.91. The first kappa shape index (κ1) is 12.4. The molecule has 2 rings (SSSR count). The zero-order chi connectivity index (χ0) is 12.4. The second-order valence-electron chi connectivity index (χ2n) is 4.41. The standard InChI is InChI=1S/C12H15ClN2O2/c13-9-3-1-8(2-4-9)6-15-7-10(14)5-11(15)12(16)17/h1-4,10-11H,5-7,14H2,(H,16,17). The van der Waals surface area contributed by atoms with Crippen LogP contribution in [0.4, 0.5) is 0 Å². The summed E-state index contributed by atoms with van der Waals surface area (Å²) in [6.07, 6.45) is 0.517. The smallest absolute Gasteiger partial charge is 0.320 e. The van der Waals surface area contributed by atoms with Gasteiger partial charge in [0, 0.05) is 24.2 Å². The quantitative estimate of drug-likeness (QED) is 0.854. The predicted molar refractivity (Wildman–Crippen MR) is 65.9 cm³/mol. The highest BCUT2D eigenvalue weighted by Gasteiger charge is 2.34. The molecule has 1 heterocycles. The van der Waals surface area contributed by atoms with E-state index in [1.807, 2.05) is 29.2 Å². The lowest BCUT2D eigenvalue weighted by Gasteiger charge is -2.20. The summed E-state index contributed by atoms with van der Waals surface area (Å²) in [4.78, 5) is 13.0. The molecule has 1 aliphatic heterocycles. The molecule has 2 unspecified atom stereocenters. The van der Waals surface area contributed by atoms with Gasteiger partial charge in [-0.1, -0.05) is 23.7 Å². The summed E-state index contributed by atoms with van der Waals surface area (Å²) in [6, 6.07) is 6.91. The topological polar surface area (TPSA) is 66.6 Å². The van der Waals surface area contributed by atoms with E-state index in [4.69, 9.17) is 22.4 Å². The summed E-state index contributed by atoms with van der Waals surface area (Å²) in [6.45, 7) is 1.22. The minimum absolute atomic E-state index is 0.0524. The third-order valence-corrected chi connectivity index (χ3v) is 3.27. The first-order valence-electron chi connectivity index (χ1n) is 5.53. The molecular weight excluding hydrogens is 240 g/mol. The number of carbonyl (C=O) groups is 1. The molecule has 0 aliphatic carbocycles. The number of hydrogen-bond acceptors (Lipinski definition) is 3. The van der Waals surface area contributed by atoms with Crippen molar-refractivity contribution in [1.82, 2.24) is 4.90 Å². The summed E-state index contributed by atoms with van der Waals surface area (Å²) in [5, 5.41) is 9.79. The summed E-state index contributed by atoms with van der Waals surface area (Å²) in [7, 11) is 0. The monoisotopic (exact) mass is 254 g/mol. The van der Waals surface area contributed by atoms with E-state index >= 15 is 0 Å². The number of carboxylic acids is 1. The molecule has 1 aromatic carbocycles. The Bertz CT molecular complexity index is 407. The van der Waals surface area contributed by atoms with Gasteiger partial charge in [-0.05, 0) is 24.1 Å². The van der Waals surface area contributed by atoms with Crippen molar-refractivity contribution in [2.45, 2.75) is 25.0 Å². The van der Waals surface area contributed by atoms with E-state index < -0.39 is 12.0 Å². The molecule has 3 N–H and O–H groups in total. The average Bonchev–Trinajstić information content (AvgIpc) is 2.63. The van der Waals surface area contributed by atoms with Gasteiger partial charge in [0.1, 0.15) is 6.04 Å². The number of carboxylic acid groups (broad SMARTS) is 1. The maximum absolute atomic E-state index is 11.1. The number of halogens is 1. The highest BCUT2D eigenvalue weighted by Crippen LogP contribution is 2.20. The second-order valence-corrected chi connectivity index (χ2v) is 4.84. The van der Waals surface area contributed by atoms with Gasteiger partial charge >= 0.3 is 5.97 Å². The minimum atomic E-state index is -0.799. The normalized spacial score (nSPS) is 25.1. The van der Waals surface area contributed by atoms with E-state index in [0.717, 1.165) is 5.56 Å². The van der Waals surface area contributed by atoms with Crippen LogP contribution in [0.5, 0.6) is 0 Å². The van der Waals surface area contributed by atoms with Crippen molar-refractivity contribution >= 4 is 17.6 Å². The second kappa shape index (κ2) is 5.04. The van der Waals surface area contributed by atoms with Gasteiger partial charge < -0.3 is 10.8 Å². The molecule has 1 fully saturated rings. The third kappa shape index (κ3) is 2.97. The van der Waals surface area contributed by atoms with E-state index in [-0.39, 0.29) is 6.04 Å². The van der Waals surface area contributed by atoms with Crippen LogP contribution in [-0.2, 0) is 11.3 Å². The SMILES string of the molecule is NC1CC(C(=O)O)N(Cc2ccc(Cl)cc2)C1. The molecule has 1 saturated heterocycles. The van der Waals surface area contributed by atoms with E-state index in [9.17, 15) is 4.79 Å². The molecule has 0 radical (unpaired) electrons. The van der Waals surface area contributed by atoms with E-state index in [2.05, 4.69) is 0 Å². The van der Waals surface area contributed by atoms with Crippen LogP contribution in [0, 0.1) is 0 Å². The lowest BCUT2D eigenvalue weighted by molar-refractivity contribution is -0.142. The summed E-state index contributed by atoms with van der Waals surface area (Å²) < 4.78 is 0. The average molecular weight is 255 g/mol. The van der Waals surface area contributed by atoms with Gasteiger partial charge in [0.2, 0.25) is 0 Å². The van der Waals surface area contributed by atoms with E-state index in [0.29, 0.717) is 24.5 Å². The molecule has 5 heteroatoms. The Morgan fingerprint density at radius 3 is 2.71 bits per heavy atom. The fourth-order valence-electron chi connectivity index (χ4n) is 2.19. The van der Waals surface area contributed by atoms with Crippen molar-refractivity contribution in [1.29, 1.82) is 0 Å². The van der Waals surface area contributed by atoms with Gasteiger partial charge in [-0.3, -0.25) is 9.69 Å². The highest BCUT2D eigenvalue weighted by molar-refractivity contribution is 6.30. The summed E-state index contributed by atoms with van der Waals surface area (Å²) in [5.74, 6) is -0.799. The Hall–Kier alpha value is -1.10. The molecule has 0 aromatic heterocycles. The Morgan fingerprint density at radius 2 is 2.12 bits per heavy atom. The molecule has 92 valence electrons. The van der Waals surface area contributed by atoms with Gasteiger partial charge in [-0.15, -0.1) is 0 Å². The van der Waals surface area contributed by atoms with E-state index in [1.165, 1.54) is 0 Å². The lowest BCUT2D eigenvalue weighted by atomic mass is 10.1. The zero-order valence-electron chi connectivity index (χ0n) is 9.34. The van der Waals surface area contributed by atoms with E-state index in [1.54, 1.807) is 0 Å². The van der Waals surface area contributed by atoms with Gasteiger partial charge in [-0.2, -0.15) is 0 Å². The maximum atomic E-state index is 11.1. The molecular formula is C12H15ClN2O2. The largest absolute Gasteiger partial charge is 0.480 e. The Kier molecular flexibility index (Phi) is 3.66. The van der Waals surface area contributed by atoms with Crippen LogP contribution < -0.4 is 5.73 Å². The fourth-order valence-corrected chi connectivity index (χ4v) is 2.32. The van der Waals surface area contributed by atoms with Crippen molar-refractivity contribution < 1.29 is 9.90 Å². The minimum Gasteiger partial charge on any atom is -0.480 e. The number of hydrogen-bond donors (Lipinski definition) is 2. The number of rotatable bonds is 3. The molecule has 17 heavy (non-hydrogen) atoms. The van der Waals surface area contributed by atoms with Gasteiger partial charge in [0.15, 0.2) is 0 Å². The summed E-state index contributed by atoms with van der Waals surface area (Å²) >= 11 is 5.80. The fraction of sp³-hybridized carbons (Fsp3) is 0.417. The molecule has 0 bridgehead atoms. The van der Waals surface area contributed by atoms with Crippen molar-refractivity contribution in [3.63, 3.8) is 0 Å². The molecule has 1 aromatic rings. The number of benzene rings is 1. The van der Waals surface area contributed by atoms with Crippen molar-refractivity contribution in [2.75, 3.05) is 6.54 Å². The summed E-state index contributed by atoms with van der Waals surface area (Å²) in [5.41, 5.74) is 6.86. The highest BCUT2D eigenvalue weighted by atomic mass is 35.5. The van der Waals surface area contributed by atoms with Crippen LogP contribution >= 0.6 is 11.6 Å². The molecule has 0 amide bonds. The van der Waals surface area contributed by atoms with Crippen molar-refractivity contribution in [3.8, 4) is 0 Å². The van der Waals surface area contributed by atoms with Gasteiger partial charge in [0.25, 0.3) is 0 Å². The Balaban J connectivity index is 2.07. The van der Waals surface area contributed by atoms with Crippen LogP contribution in [-0.4, -0.2) is 34.6 Å². The number of likely N-dealkylation sites (tertiary alicyclic amines) is 1. The number of aliphatic carboxylic acids is 1. The van der Waals surface area contributed by atoms with Crippen LogP contribution in [0.3, 0.4) is 0 Å². The lowest BCUT2D eigenvalue weighted by Crippen LogP contribution is -2.35. The molecule has 0 spiro atoms. The molecule has 1 aliphatic rings. The Labute approximate surface area is 105 Å². The van der Waals surface area contributed by atoms with Gasteiger partial charge in [-0.25, -0.2) is 0 Å². The van der Waals surface area contributed by atoms with Crippen LogP contribution in [0.15, 0.2) is 24.3 Å². The van der Waals surface area contributed by atoms with Crippen molar-refractivity contribution in [3.05, 3.63) is 34.9 Å². The number of nitrogens with two attached hydrogens (primary N) is 1. The molecule has 4 nitrogen and oxygen atoms in total. The predicted octanol–water partition coefficient (Wildman–Crippen LogP) is 1.33. The first-order chi connectivity index (χ1) is 8.06. The van der Waals surface area contributed by atoms with Crippen molar-refractivity contribution in [2.24, 2.45) is 5.73 Å². The van der Waals surface area contributed by atoms with Crippen LogP contribution in [0.2, 0.25) is 5.02 Å². The Morgan fingerprint density at radius 1 is 1.47 bits per heavy atom. The third-order valence-electron chi connectivity index (χ3n) is 3.02. The molecule has 2 atom stereocenters. The zero-order valence-corrected chi connectivity index (χ0v) is 10.1. The number of nitrogens with zero attached hydrogens (tertiary/aromatic N) is 1.